The standard InChI is InChI=1S/C18H15FN2O2/c19-11-3-1-10(2-4-11)9-20-21-16(22)14-12-5-6-13(15(14)17(21)23)18(12)7-8-18/h1-6,9,12-15H,7-8H2/b20-9-/t12-,13-,14-,15-/m1/s1. The normalized spacial score (nSPS) is 35.8. The average Bonchev–Trinajstić information content (AvgIpc) is 3.15. The number of halogens is 1. The van der Waals surface area contributed by atoms with E-state index in [4.69, 9.17) is 0 Å². The highest BCUT2D eigenvalue weighted by molar-refractivity contribution is 6.07. The van der Waals surface area contributed by atoms with Crippen LogP contribution in [-0.2, 0) is 9.59 Å². The van der Waals surface area contributed by atoms with Gasteiger partial charge in [-0.1, -0.05) is 24.3 Å². The fraction of sp³-hybridized carbons (Fsp3) is 0.389. The van der Waals surface area contributed by atoms with Crippen LogP contribution in [0.2, 0.25) is 0 Å². The first-order valence-electron chi connectivity index (χ1n) is 7.97. The van der Waals surface area contributed by atoms with Crippen LogP contribution in [0.5, 0.6) is 0 Å². The van der Waals surface area contributed by atoms with Crippen LogP contribution in [0.1, 0.15) is 18.4 Å². The van der Waals surface area contributed by atoms with Gasteiger partial charge in [0.25, 0.3) is 11.8 Å². The van der Waals surface area contributed by atoms with Crippen molar-refractivity contribution in [2.75, 3.05) is 0 Å². The molecule has 4 aliphatic rings. The third-order valence-electron chi connectivity index (χ3n) is 6.02. The summed E-state index contributed by atoms with van der Waals surface area (Å²) in [6.07, 6.45) is 7.97. The van der Waals surface area contributed by atoms with Crippen LogP contribution in [0.4, 0.5) is 4.39 Å². The molecule has 0 N–H and O–H groups in total. The van der Waals surface area contributed by atoms with Crippen LogP contribution in [0.3, 0.4) is 0 Å². The maximum absolute atomic E-state index is 12.9. The van der Waals surface area contributed by atoms with E-state index in [2.05, 4.69) is 17.3 Å². The highest BCUT2D eigenvalue weighted by atomic mass is 19.1. The Kier molecular flexibility index (Phi) is 2.38. The fourth-order valence-electron chi connectivity index (χ4n) is 4.85. The van der Waals surface area contributed by atoms with Crippen molar-refractivity contribution in [1.82, 2.24) is 5.01 Å². The summed E-state index contributed by atoms with van der Waals surface area (Å²) in [5.41, 5.74) is 0.858. The van der Waals surface area contributed by atoms with Gasteiger partial charge in [-0.05, 0) is 47.8 Å². The largest absolute Gasteiger partial charge is 0.272 e. The molecule has 1 aromatic carbocycles. The van der Waals surface area contributed by atoms with Crippen molar-refractivity contribution in [3.8, 4) is 0 Å². The number of imide groups is 1. The summed E-state index contributed by atoms with van der Waals surface area (Å²) in [6, 6.07) is 5.78. The number of amides is 2. The van der Waals surface area contributed by atoms with Gasteiger partial charge < -0.3 is 0 Å². The minimum Gasteiger partial charge on any atom is -0.272 e. The summed E-state index contributed by atoms with van der Waals surface area (Å²) in [7, 11) is 0. The van der Waals surface area contributed by atoms with Crippen LogP contribution in [0.25, 0.3) is 0 Å². The summed E-state index contributed by atoms with van der Waals surface area (Å²) in [5, 5.41) is 5.12. The van der Waals surface area contributed by atoms with Crippen molar-refractivity contribution in [1.29, 1.82) is 0 Å². The molecule has 5 rings (SSSR count). The van der Waals surface area contributed by atoms with E-state index in [9.17, 15) is 14.0 Å². The van der Waals surface area contributed by atoms with E-state index < -0.39 is 0 Å². The summed E-state index contributed by atoms with van der Waals surface area (Å²) >= 11 is 0. The van der Waals surface area contributed by atoms with Crippen molar-refractivity contribution in [2.24, 2.45) is 34.2 Å². The van der Waals surface area contributed by atoms with Gasteiger partial charge in [-0.15, -0.1) is 0 Å². The Morgan fingerprint density at radius 2 is 1.61 bits per heavy atom. The van der Waals surface area contributed by atoms with Gasteiger partial charge in [-0.2, -0.15) is 10.1 Å². The molecule has 0 radical (unpaired) electrons. The molecule has 1 saturated heterocycles. The number of hydrazone groups is 1. The Morgan fingerprint density at radius 3 is 2.13 bits per heavy atom. The number of fused-ring (bicyclic) bond motifs is 3. The molecule has 2 amide bonds. The zero-order valence-corrected chi connectivity index (χ0v) is 12.4. The topological polar surface area (TPSA) is 49.7 Å². The van der Waals surface area contributed by atoms with E-state index in [1.807, 2.05) is 0 Å². The van der Waals surface area contributed by atoms with Crippen LogP contribution in [0.15, 0.2) is 41.5 Å². The number of hydrogen-bond donors (Lipinski definition) is 0. The van der Waals surface area contributed by atoms with Gasteiger partial charge in [0.2, 0.25) is 0 Å². The number of allylic oxidation sites excluding steroid dienone is 2. The third kappa shape index (κ3) is 1.57. The molecule has 3 aliphatic carbocycles. The van der Waals surface area contributed by atoms with Gasteiger partial charge in [-0.3, -0.25) is 9.59 Å². The Labute approximate surface area is 132 Å². The summed E-state index contributed by atoms with van der Waals surface area (Å²) < 4.78 is 12.9. The average molecular weight is 310 g/mol. The molecule has 2 bridgehead atoms. The van der Waals surface area contributed by atoms with Gasteiger partial charge in [0.15, 0.2) is 0 Å². The Balaban J connectivity index is 1.43. The molecule has 5 heteroatoms. The van der Waals surface area contributed by atoms with Crippen molar-refractivity contribution in [3.05, 3.63) is 47.8 Å². The first-order chi connectivity index (χ1) is 11.1. The zero-order valence-electron chi connectivity index (χ0n) is 12.4. The maximum atomic E-state index is 12.9. The third-order valence-corrected chi connectivity index (χ3v) is 6.02. The van der Waals surface area contributed by atoms with Gasteiger partial charge in [0.05, 0.1) is 18.1 Å². The SMILES string of the molecule is O=C1[C@H]2[C@H](C(=O)N1/N=C\c1ccc(F)cc1)[C@H]1C=C[C@H]2C12CC2. The smallest absolute Gasteiger partial charge is 0.254 e. The molecule has 0 unspecified atom stereocenters. The lowest BCUT2D eigenvalue weighted by Crippen LogP contribution is -2.30. The van der Waals surface area contributed by atoms with E-state index in [1.165, 1.54) is 18.3 Å². The first-order valence-corrected chi connectivity index (χ1v) is 7.97. The maximum Gasteiger partial charge on any atom is 0.254 e. The second kappa shape index (κ2) is 4.16. The lowest BCUT2D eigenvalue weighted by molar-refractivity contribution is -0.141. The summed E-state index contributed by atoms with van der Waals surface area (Å²) in [4.78, 5) is 25.4. The lowest BCUT2D eigenvalue weighted by atomic mass is 9.85. The molecule has 0 aromatic heterocycles. The zero-order chi connectivity index (χ0) is 15.8. The number of hydrogen-bond acceptors (Lipinski definition) is 3. The number of benzene rings is 1. The van der Waals surface area contributed by atoms with Crippen molar-refractivity contribution < 1.29 is 14.0 Å². The quantitative estimate of drug-likeness (QED) is 0.478. The molecular weight excluding hydrogens is 295 g/mol. The lowest BCUT2D eigenvalue weighted by Gasteiger charge is -2.18. The molecule has 3 fully saturated rings. The fourth-order valence-corrected chi connectivity index (χ4v) is 4.85. The van der Waals surface area contributed by atoms with Crippen molar-refractivity contribution in [2.45, 2.75) is 12.8 Å². The van der Waals surface area contributed by atoms with Crippen LogP contribution in [-0.4, -0.2) is 23.0 Å². The molecule has 116 valence electrons. The Bertz CT molecular complexity index is 745. The predicted molar refractivity (Wildman–Crippen MR) is 80.6 cm³/mol. The van der Waals surface area contributed by atoms with Gasteiger partial charge in [-0.25, -0.2) is 4.39 Å². The highest BCUT2D eigenvalue weighted by Crippen LogP contribution is 2.73. The number of rotatable bonds is 2. The molecular formula is C18H15FN2O2. The summed E-state index contributed by atoms with van der Waals surface area (Å²) in [5.74, 6) is -0.735. The molecule has 4 atom stereocenters. The van der Waals surface area contributed by atoms with Crippen LogP contribution in [0, 0.1) is 34.9 Å². The number of nitrogens with zero attached hydrogens (tertiary/aromatic N) is 2. The minimum atomic E-state index is -0.331. The second-order valence-electron chi connectivity index (χ2n) is 7.01. The molecule has 1 aliphatic heterocycles. The van der Waals surface area contributed by atoms with Crippen molar-refractivity contribution in [3.63, 3.8) is 0 Å². The summed E-state index contributed by atoms with van der Waals surface area (Å²) in [6.45, 7) is 0. The Hall–Kier alpha value is -2.30. The molecule has 1 aromatic rings. The van der Waals surface area contributed by atoms with E-state index in [0.29, 0.717) is 5.56 Å². The molecule has 23 heavy (non-hydrogen) atoms. The van der Waals surface area contributed by atoms with Crippen LogP contribution < -0.4 is 0 Å². The molecule has 1 heterocycles. The monoisotopic (exact) mass is 310 g/mol. The van der Waals surface area contributed by atoms with E-state index >= 15 is 0 Å². The second-order valence-corrected chi connectivity index (χ2v) is 7.01. The molecule has 4 nitrogen and oxygen atoms in total. The van der Waals surface area contributed by atoms with Crippen LogP contribution >= 0.6 is 0 Å². The van der Waals surface area contributed by atoms with Crippen molar-refractivity contribution >= 4 is 18.0 Å². The van der Waals surface area contributed by atoms with Gasteiger partial charge in [0, 0.05) is 0 Å². The van der Waals surface area contributed by atoms with Gasteiger partial charge in [0.1, 0.15) is 5.82 Å². The van der Waals surface area contributed by atoms with E-state index in [1.54, 1.807) is 12.1 Å². The number of carbonyl (C=O) groups is 2. The van der Waals surface area contributed by atoms with E-state index in [0.717, 1.165) is 17.9 Å². The van der Waals surface area contributed by atoms with Gasteiger partial charge >= 0.3 is 0 Å². The predicted octanol–water partition coefficient (Wildman–Crippen LogP) is 2.36. The first kappa shape index (κ1) is 13.2. The van der Waals surface area contributed by atoms with E-state index in [-0.39, 0.29) is 46.7 Å². The Morgan fingerprint density at radius 1 is 1.04 bits per heavy atom. The molecule has 1 spiro atoms. The number of carbonyl (C=O) groups excluding carboxylic acids is 2. The highest BCUT2D eigenvalue weighted by Gasteiger charge is 2.73. The molecule has 2 saturated carbocycles. The minimum absolute atomic E-state index is 0.179.